The third kappa shape index (κ3) is 5.06. The van der Waals surface area contributed by atoms with E-state index in [1.165, 1.54) is 18.9 Å². The van der Waals surface area contributed by atoms with Gasteiger partial charge in [-0.3, -0.25) is 4.79 Å². The third-order valence-corrected chi connectivity index (χ3v) is 4.15. The SMILES string of the molecule is COC(=O)C(NC(=O)CSc1ccccc1Cl)C(C)C. The number of benzene rings is 1. The lowest BCUT2D eigenvalue weighted by atomic mass is 10.1. The van der Waals surface area contributed by atoms with Gasteiger partial charge in [0.1, 0.15) is 6.04 Å². The van der Waals surface area contributed by atoms with Crippen molar-refractivity contribution >= 4 is 35.2 Å². The van der Waals surface area contributed by atoms with Gasteiger partial charge in [0.15, 0.2) is 0 Å². The highest BCUT2D eigenvalue weighted by Gasteiger charge is 2.24. The second-order valence-corrected chi connectivity index (χ2v) is 5.96. The highest BCUT2D eigenvalue weighted by molar-refractivity contribution is 8.00. The van der Waals surface area contributed by atoms with E-state index >= 15 is 0 Å². The molecular weight excluding hydrogens is 298 g/mol. The van der Waals surface area contributed by atoms with Gasteiger partial charge in [0.25, 0.3) is 0 Å². The van der Waals surface area contributed by atoms with Gasteiger partial charge in [-0.1, -0.05) is 37.6 Å². The van der Waals surface area contributed by atoms with Crippen LogP contribution in [0.5, 0.6) is 0 Å². The first-order valence-electron chi connectivity index (χ1n) is 6.20. The maximum atomic E-state index is 11.9. The number of hydrogen-bond donors (Lipinski definition) is 1. The fraction of sp³-hybridized carbons (Fsp3) is 0.429. The van der Waals surface area contributed by atoms with Crippen LogP contribution in [0.4, 0.5) is 0 Å². The van der Waals surface area contributed by atoms with E-state index in [4.69, 9.17) is 11.6 Å². The molecule has 1 rings (SSSR count). The van der Waals surface area contributed by atoms with Crippen molar-refractivity contribution in [2.45, 2.75) is 24.8 Å². The minimum absolute atomic E-state index is 0.0308. The number of hydrogen-bond acceptors (Lipinski definition) is 4. The van der Waals surface area contributed by atoms with Crippen LogP contribution in [0.2, 0.25) is 5.02 Å². The molecule has 1 atom stereocenters. The lowest BCUT2D eigenvalue weighted by Gasteiger charge is -2.19. The van der Waals surface area contributed by atoms with Crippen LogP contribution in [0, 0.1) is 5.92 Å². The van der Waals surface area contributed by atoms with E-state index in [9.17, 15) is 9.59 Å². The van der Waals surface area contributed by atoms with Crippen LogP contribution in [-0.2, 0) is 14.3 Å². The fourth-order valence-corrected chi connectivity index (χ4v) is 2.59. The number of ether oxygens (including phenoxy) is 1. The molecule has 0 fully saturated rings. The zero-order chi connectivity index (χ0) is 15.1. The lowest BCUT2D eigenvalue weighted by Crippen LogP contribution is -2.45. The number of methoxy groups -OCH3 is 1. The van der Waals surface area contributed by atoms with Crippen LogP contribution >= 0.6 is 23.4 Å². The number of halogens is 1. The summed E-state index contributed by atoms with van der Waals surface area (Å²) in [4.78, 5) is 24.3. The van der Waals surface area contributed by atoms with Crippen LogP contribution in [0.15, 0.2) is 29.2 Å². The summed E-state index contributed by atoms with van der Waals surface area (Å²) in [6.45, 7) is 3.70. The quantitative estimate of drug-likeness (QED) is 0.648. The van der Waals surface area contributed by atoms with E-state index in [2.05, 4.69) is 10.1 Å². The number of rotatable bonds is 6. The molecule has 1 aromatic carbocycles. The number of carbonyl (C=O) groups is 2. The summed E-state index contributed by atoms with van der Waals surface area (Å²) >= 11 is 7.34. The molecule has 6 heteroatoms. The molecule has 0 aliphatic heterocycles. The molecule has 0 heterocycles. The molecule has 1 N–H and O–H groups in total. The first kappa shape index (κ1) is 16.9. The van der Waals surface area contributed by atoms with Crippen molar-refractivity contribution in [3.8, 4) is 0 Å². The molecule has 0 aliphatic carbocycles. The lowest BCUT2D eigenvalue weighted by molar-refractivity contribution is -0.146. The summed E-state index contributed by atoms with van der Waals surface area (Å²) in [7, 11) is 1.31. The summed E-state index contributed by atoms with van der Waals surface area (Å²) in [5.74, 6) is -0.490. The van der Waals surface area contributed by atoms with Gasteiger partial charge in [-0.05, 0) is 18.1 Å². The molecule has 0 aliphatic rings. The van der Waals surface area contributed by atoms with Crippen molar-refractivity contribution in [3.63, 3.8) is 0 Å². The predicted octanol–water partition coefficient (Wildman–Crippen LogP) is 2.75. The summed E-state index contributed by atoms with van der Waals surface area (Å²) in [6.07, 6.45) is 0. The van der Waals surface area contributed by atoms with Crippen LogP contribution in [0.1, 0.15) is 13.8 Å². The van der Waals surface area contributed by atoms with Crippen LogP contribution in [0.25, 0.3) is 0 Å². The zero-order valence-corrected chi connectivity index (χ0v) is 13.3. The molecule has 110 valence electrons. The van der Waals surface area contributed by atoms with Crippen molar-refractivity contribution in [3.05, 3.63) is 29.3 Å². The Morgan fingerprint density at radius 1 is 1.35 bits per heavy atom. The Bertz CT molecular complexity index is 479. The summed E-state index contributed by atoms with van der Waals surface area (Å²) in [6, 6.07) is 6.68. The number of amides is 1. The number of thioether (sulfide) groups is 1. The van der Waals surface area contributed by atoms with Crippen molar-refractivity contribution in [2.75, 3.05) is 12.9 Å². The molecule has 4 nitrogen and oxygen atoms in total. The van der Waals surface area contributed by atoms with Gasteiger partial charge in [-0.2, -0.15) is 0 Å². The standard InChI is InChI=1S/C14H18ClNO3S/c1-9(2)13(14(18)19-3)16-12(17)8-20-11-7-5-4-6-10(11)15/h4-7,9,13H,8H2,1-3H3,(H,16,17). The Kier molecular flexibility index (Phi) is 6.88. The molecule has 0 saturated heterocycles. The van der Waals surface area contributed by atoms with Gasteiger partial charge in [0, 0.05) is 4.90 Å². The average Bonchev–Trinajstić information content (AvgIpc) is 2.42. The predicted molar refractivity (Wildman–Crippen MR) is 81.0 cm³/mol. The Labute approximate surface area is 128 Å². The van der Waals surface area contributed by atoms with E-state index in [0.29, 0.717) is 5.02 Å². The molecule has 0 spiro atoms. The Morgan fingerprint density at radius 2 is 2.00 bits per heavy atom. The van der Waals surface area contributed by atoms with E-state index in [-0.39, 0.29) is 17.6 Å². The van der Waals surface area contributed by atoms with Gasteiger partial charge in [-0.25, -0.2) is 4.79 Å². The van der Waals surface area contributed by atoms with E-state index in [1.807, 2.05) is 32.0 Å². The Hall–Kier alpha value is -1.20. The first-order chi connectivity index (χ1) is 9.45. The minimum Gasteiger partial charge on any atom is -0.467 e. The molecule has 1 amide bonds. The maximum Gasteiger partial charge on any atom is 0.328 e. The number of carbonyl (C=O) groups excluding carboxylic acids is 2. The van der Waals surface area contributed by atoms with Gasteiger partial charge < -0.3 is 10.1 Å². The van der Waals surface area contributed by atoms with Gasteiger partial charge in [0.05, 0.1) is 17.9 Å². The monoisotopic (exact) mass is 315 g/mol. The molecule has 1 unspecified atom stereocenters. The zero-order valence-electron chi connectivity index (χ0n) is 11.7. The molecule has 1 aromatic rings. The summed E-state index contributed by atoms with van der Waals surface area (Å²) in [5.41, 5.74) is 0. The topological polar surface area (TPSA) is 55.4 Å². The molecule has 0 bridgehead atoms. The molecule has 0 aromatic heterocycles. The molecule has 0 radical (unpaired) electrons. The molecule has 0 saturated carbocycles. The highest BCUT2D eigenvalue weighted by Crippen LogP contribution is 2.26. The molecule has 20 heavy (non-hydrogen) atoms. The van der Waals surface area contributed by atoms with E-state index < -0.39 is 12.0 Å². The van der Waals surface area contributed by atoms with Crippen molar-refractivity contribution in [2.24, 2.45) is 5.92 Å². The summed E-state index contributed by atoms with van der Waals surface area (Å²) < 4.78 is 4.67. The summed E-state index contributed by atoms with van der Waals surface area (Å²) in [5, 5.41) is 3.29. The van der Waals surface area contributed by atoms with Gasteiger partial charge in [0.2, 0.25) is 5.91 Å². The highest BCUT2D eigenvalue weighted by atomic mass is 35.5. The van der Waals surface area contributed by atoms with Crippen molar-refractivity contribution in [1.82, 2.24) is 5.32 Å². The van der Waals surface area contributed by atoms with Gasteiger partial charge >= 0.3 is 5.97 Å². The molecular formula is C14H18ClNO3S. The average molecular weight is 316 g/mol. The second-order valence-electron chi connectivity index (χ2n) is 4.53. The van der Waals surface area contributed by atoms with Crippen LogP contribution in [-0.4, -0.2) is 30.8 Å². The van der Waals surface area contributed by atoms with E-state index in [0.717, 1.165) is 4.90 Å². The maximum absolute atomic E-state index is 11.9. The number of nitrogens with one attached hydrogen (secondary N) is 1. The first-order valence-corrected chi connectivity index (χ1v) is 7.56. The number of esters is 1. The van der Waals surface area contributed by atoms with Crippen molar-refractivity contribution in [1.29, 1.82) is 0 Å². The normalized spacial score (nSPS) is 12.1. The minimum atomic E-state index is -0.626. The smallest absolute Gasteiger partial charge is 0.328 e. The second kappa shape index (κ2) is 8.17. The van der Waals surface area contributed by atoms with E-state index in [1.54, 1.807) is 6.07 Å². The van der Waals surface area contributed by atoms with Gasteiger partial charge in [-0.15, -0.1) is 11.8 Å². The Balaban J connectivity index is 2.55. The Morgan fingerprint density at radius 3 is 2.55 bits per heavy atom. The van der Waals surface area contributed by atoms with Crippen LogP contribution < -0.4 is 5.32 Å². The van der Waals surface area contributed by atoms with Crippen LogP contribution in [0.3, 0.4) is 0 Å². The van der Waals surface area contributed by atoms with Crippen molar-refractivity contribution < 1.29 is 14.3 Å². The fourth-order valence-electron chi connectivity index (χ4n) is 1.54. The third-order valence-electron chi connectivity index (χ3n) is 2.63. The largest absolute Gasteiger partial charge is 0.467 e.